The van der Waals surface area contributed by atoms with Gasteiger partial charge in [0.15, 0.2) is 0 Å². The van der Waals surface area contributed by atoms with Gasteiger partial charge in [-0.1, -0.05) is 91.9 Å². The third kappa shape index (κ3) is 6.02. The smallest absolute Gasteiger partial charge is 0.0973 e. The van der Waals surface area contributed by atoms with Gasteiger partial charge in [0.1, 0.15) is 0 Å². The molecule has 0 aliphatic carbocycles. The van der Waals surface area contributed by atoms with Crippen LogP contribution in [0.25, 0.3) is 11.1 Å². The zero-order chi connectivity index (χ0) is 22.9. The highest BCUT2D eigenvalue weighted by Gasteiger charge is 2.38. The van der Waals surface area contributed by atoms with Crippen LogP contribution >= 0.6 is 7.92 Å². The standard InChI is InChI=1S/C26H40NOPS/c1-19-14-11-12-16-21(19)22-17-13-15-20(18-27-30(28)26(8,9)10)23(22)29(24(2,3)4)25(5,6)7/h11-17,27H,18H2,1-10H3. The van der Waals surface area contributed by atoms with Crippen molar-refractivity contribution in [3.8, 4) is 11.1 Å². The van der Waals surface area contributed by atoms with Gasteiger partial charge in [0, 0.05) is 6.54 Å². The molecule has 0 heterocycles. The Morgan fingerprint density at radius 2 is 1.33 bits per heavy atom. The van der Waals surface area contributed by atoms with Crippen LogP contribution in [-0.4, -0.2) is 19.3 Å². The molecule has 0 amide bonds. The Kier molecular flexibility index (Phi) is 7.76. The van der Waals surface area contributed by atoms with E-state index in [0.29, 0.717) is 6.54 Å². The Labute approximate surface area is 188 Å². The van der Waals surface area contributed by atoms with Crippen molar-refractivity contribution in [1.82, 2.24) is 4.72 Å². The summed E-state index contributed by atoms with van der Waals surface area (Å²) in [5.74, 6) is 0. The molecule has 0 spiro atoms. The molecule has 2 nitrogen and oxygen atoms in total. The van der Waals surface area contributed by atoms with E-state index in [2.05, 4.69) is 95.7 Å². The fourth-order valence-electron chi connectivity index (χ4n) is 4.13. The summed E-state index contributed by atoms with van der Waals surface area (Å²) in [5.41, 5.74) is 5.18. The molecule has 2 aromatic carbocycles. The summed E-state index contributed by atoms with van der Waals surface area (Å²) in [6.07, 6.45) is 0. The molecule has 2 aromatic rings. The van der Waals surface area contributed by atoms with E-state index in [-0.39, 0.29) is 15.1 Å². The second kappa shape index (κ2) is 9.23. The molecule has 0 aliphatic rings. The van der Waals surface area contributed by atoms with Crippen LogP contribution < -0.4 is 10.0 Å². The van der Waals surface area contributed by atoms with Gasteiger partial charge in [-0.25, -0.2) is 8.93 Å². The summed E-state index contributed by atoms with van der Waals surface area (Å²) in [7, 11) is -1.61. The first-order chi connectivity index (χ1) is 13.6. The van der Waals surface area contributed by atoms with E-state index in [1.807, 2.05) is 20.8 Å². The average Bonchev–Trinajstić information content (AvgIpc) is 2.58. The van der Waals surface area contributed by atoms with Gasteiger partial charge in [0.05, 0.1) is 15.7 Å². The van der Waals surface area contributed by atoms with E-state index < -0.39 is 18.9 Å². The molecule has 0 saturated heterocycles. The lowest BCUT2D eigenvalue weighted by atomic mass is 9.98. The number of hydrogen-bond donors (Lipinski definition) is 1. The fraction of sp³-hybridized carbons (Fsp3) is 0.538. The first-order valence-electron chi connectivity index (χ1n) is 10.8. The zero-order valence-corrected chi connectivity index (χ0v) is 22.2. The van der Waals surface area contributed by atoms with E-state index in [4.69, 9.17) is 0 Å². The highest BCUT2D eigenvalue weighted by molar-refractivity contribution is 7.84. The summed E-state index contributed by atoms with van der Waals surface area (Å²) in [4.78, 5) is 0. The summed E-state index contributed by atoms with van der Waals surface area (Å²) in [6, 6.07) is 15.3. The molecule has 30 heavy (non-hydrogen) atoms. The van der Waals surface area contributed by atoms with Crippen LogP contribution in [0.15, 0.2) is 42.5 Å². The number of hydrogen-bond acceptors (Lipinski definition) is 1. The van der Waals surface area contributed by atoms with Crippen LogP contribution in [0, 0.1) is 6.92 Å². The van der Waals surface area contributed by atoms with Crippen molar-refractivity contribution < 1.29 is 4.21 Å². The number of nitrogens with one attached hydrogen (secondary N) is 1. The summed E-state index contributed by atoms with van der Waals surface area (Å²) < 4.78 is 15.8. The van der Waals surface area contributed by atoms with Gasteiger partial charge < -0.3 is 0 Å². The third-order valence-electron chi connectivity index (χ3n) is 5.07. The molecule has 0 aliphatic heterocycles. The molecule has 0 saturated carbocycles. The molecule has 2 rings (SSSR count). The molecule has 4 heteroatoms. The van der Waals surface area contributed by atoms with E-state index >= 15 is 0 Å². The highest BCUT2D eigenvalue weighted by atomic mass is 32.2. The van der Waals surface area contributed by atoms with Crippen molar-refractivity contribution in [2.45, 2.75) is 90.8 Å². The molecular formula is C26H40NOPS. The molecule has 0 aromatic heterocycles. The van der Waals surface area contributed by atoms with E-state index in [1.165, 1.54) is 27.6 Å². The summed E-state index contributed by atoms with van der Waals surface area (Å²) >= 11 is 0. The Bertz CT molecular complexity index is 886. The quantitative estimate of drug-likeness (QED) is 0.497. The van der Waals surface area contributed by atoms with Crippen LogP contribution in [0.3, 0.4) is 0 Å². The molecule has 0 bridgehead atoms. The molecule has 1 atom stereocenters. The van der Waals surface area contributed by atoms with Gasteiger partial charge in [-0.05, 0) is 65.6 Å². The highest BCUT2D eigenvalue weighted by Crippen LogP contribution is 2.60. The molecule has 0 radical (unpaired) electrons. The van der Waals surface area contributed by atoms with Crippen LogP contribution in [0.1, 0.15) is 73.4 Å². The Hall–Kier alpha value is -1.02. The second-order valence-electron chi connectivity index (χ2n) is 11.0. The van der Waals surface area contributed by atoms with E-state index in [1.54, 1.807) is 0 Å². The van der Waals surface area contributed by atoms with Gasteiger partial charge in [-0.3, -0.25) is 0 Å². The van der Waals surface area contributed by atoms with Crippen molar-refractivity contribution in [2.24, 2.45) is 0 Å². The van der Waals surface area contributed by atoms with Gasteiger partial charge in [-0.15, -0.1) is 0 Å². The maximum atomic E-state index is 12.7. The van der Waals surface area contributed by atoms with Gasteiger partial charge >= 0.3 is 0 Å². The van der Waals surface area contributed by atoms with Crippen molar-refractivity contribution in [3.63, 3.8) is 0 Å². The van der Waals surface area contributed by atoms with Crippen molar-refractivity contribution >= 4 is 24.2 Å². The van der Waals surface area contributed by atoms with Gasteiger partial charge in [0.2, 0.25) is 0 Å². The fourth-order valence-corrected chi connectivity index (χ4v) is 9.08. The first kappa shape index (κ1) is 25.2. The second-order valence-corrected chi connectivity index (χ2v) is 16.9. The minimum atomic E-state index is -1.10. The SMILES string of the molecule is Cc1ccccc1-c1cccc(CNS(=O)C(C)(C)C)c1P(C(C)(C)C)C(C)(C)C. The van der Waals surface area contributed by atoms with Crippen molar-refractivity contribution in [3.05, 3.63) is 53.6 Å². The lowest BCUT2D eigenvalue weighted by molar-refractivity contribution is 0.635. The van der Waals surface area contributed by atoms with Crippen molar-refractivity contribution in [2.75, 3.05) is 0 Å². The predicted octanol–water partition coefficient (Wildman–Crippen LogP) is 6.92. The third-order valence-corrected chi connectivity index (χ3v) is 10.2. The Morgan fingerprint density at radius 1 is 0.800 bits per heavy atom. The molecule has 1 unspecified atom stereocenters. The molecule has 0 fully saturated rings. The Balaban J connectivity index is 2.73. The lowest BCUT2D eigenvalue weighted by Crippen LogP contribution is -2.37. The van der Waals surface area contributed by atoms with E-state index in [9.17, 15) is 4.21 Å². The average molecular weight is 446 g/mol. The van der Waals surface area contributed by atoms with Crippen molar-refractivity contribution in [1.29, 1.82) is 0 Å². The predicted molar refractivity (Wildman–Crippen MR) is 137 cm³/mol. The number of aryl methyl sites for hydroxylation is 1. The van der Waals surface area contributed by atoms with Gasteiger partial charge in [-0.2, -0.15) is 0 Å². The van der Waals surface area contributed by atoms with Crippen LogP contribution in [0.4, 0.5) is 0 Å². The minimum Gasteiger partial charge on any atom is -0.242 e. The lowest BCUT2D eigenvalue weighted by Gasteiger charge is -2.44. The van der Waals surface area contributed by atoms with Gasteiger partial charge in [0.25, 0.3) is 0 Å². The van der Waals surface area contributed by atoms with Crippen LogP contribution in [0.5, 0.6) is 0 Å². The molecular weight excluding hydrogens is 405 g/mol. The number of rotatable bonds is 5. The normalized spacial score (nSPS) is 14.2. The molecule has 166 valence electrons. The zero-order valence-electron chi connectivity index (χ0n) is 20.5. The largest absolute Gasteiger partial charge is 0.242 e. The Morgan fingerprint density at radius 3 is 1.83 bits per heavy atom. The van der Waals surface area contributed by atoms with Crippen LogP contribution in [-0.2, 0) is 17.5 Å². The topological polar surface area (TPSA) is 29.1 Å². The molecule has 1 N–H and O–H groups in total. The minimum absolute atomic E-state index is 0.143. The summed E-state index contributed by atoms with van der Waals surface area (Å²) in [5, 5.41) is 1.73. The van der Waals surface area contributed by atoms with Crippen LogP contribution in [0.2, 0.25) is 0 Å². The first-order valence-corrected chi connectivity index (χ1v) is 13.3. The monoisotopic (exact) mass is 445 g/mol. The maximum absolute atomic E-state index is 12.7. The summed E-state index contributed by atoms with van der Waals surface area (Å²) in [6.45, 7) is 23.0. The maximum Gasteiger partial charge on any atom is 0.0973 e. The number of benzene rings is 2. The van der Waals surface area contributed by atoms with E-state index in [0.717, 1.165) is 0 Å².